The van der Waals surface area contributed by atoms with Crippen molar-refractivity contribution < 1.29 is 18.7 Å². The summed E-state index contributed by atoms with van der Waals surface area (Å²) in [5.74, 6) is -2.24. The molecule has 2 aromatic carbocycles. The lowest BCUT2D eigenvalue weighted by Crippen LogP contribution is -2.41. The van der Waals surface area contributed by atoms with Crippen molar-refractivity contribution >= 4 is 5.91 Å². The largest absolute Gasteiger partial charge is 0.396 e. The highest BCUT2D eigenvalue weighted by Crippen LogP contribution is 2.20. The number of aliphatic hydroxyl groups excluding tert-OH is 1. The number of carbonyl (C=O) groups is 1. The molecule has 1 fully saturated rings. The third-order valence-corrected chi connectivity index (χ3v) is 4.44. The van der Waals surface area contributed by atoms with Crippen LogP contribution in [-0.4, -0.2) is 41.7 Å². The lowest BCUT2D eigenvalue weighted by Gasteiger charge is -2.18. The molecule has 132 valence electrons. The van der Waals surface area contributed by atoms with Crippen LogP contribution < -0.4 is 5.32 Å². The third kappa shape index (κ3) is 4.41. The first-order valence-corrected chi connectivity index (χ1v) is 8.19. The number of hydrogen-bond acceptors (Lipinski definition) is 3. The molecule has 0 unspecified atom stereocenters. The average Bonchev–Trinajstić information content (AvgIpc) is 2.96. The molecule has 2 atom stereocenters. The molecular formula is C19H20F2N2O2. The van der Waals surface area contributed by atoms with Crippen molar-refractivity contribution in [3.05, 3.63) is 71.3 Å². The molecule has 6 heteroatoms. The maximum Gasteiger partial charge on any atom is 0.251 e. The van der Waals surface area contributed by atoms with Gasteiger partial charge in [0.25, 0.3) is 5.91 Å². The molecule has 1 heterocycles. The van der Waals surface area contributed by atoms with E-state index in [9.17, 15) is 18.7 Å². The molecule has 1 aliphatic rings. The van der Waals surface area contributed by atoms with Crippen LogP contribution in [0.15, 0.2) is 48.5 Å². The number of aliphatic hydroxyl groups is 1. The van der Waals surface area contributed by atoms with Crippen molar-refractivity contribution in [1.29, 1.82) is 0 Å². The molecule has 0 aliphatic carbocycles. The number of benzene rings is 2. The summed E-state index contributed by atoms with van der Waals surface area (Å²) in [4.78, 5) is 14.4. The Labute approximate surface area is 145 Å². The van der Waals surface area contributed by atoms with Gasteiger partial charge in [-0.3, -0.25) is 9.69 Å². The minimum absolute atomic E-state index is 0.0595. The fraction of sp³-hybridized carbons (Fsp3) is 0.316. The number of rotatable bonds is 5. The van der Waals surface area contributed by atoms with E-state index in [1.54, 1.807) is 0 Å². The van der Waals surface area contributed by atoms with Gasteiger partial charge in [-0.25, -0.2) is 8.78 Å². The normalized spacial score (nSPS) is 20.6. The van der Waals surface area contributed by atoms with Crippen molar-refractivity contribution in [1.82, 2.24) is 10.2 Å². The highest BCUT2D eigenvalue weighted by atomic mass is 19.1. The molecular weight excluding hydrogens is 326 g/mol. The number of hydrogen-bond donors (Lipinski definition) is 2. The van der Waals surface area contributed by atoms with E-state index in [0.29, 0.717) is 13.1 Å². The molecule has 4 nitrogen and oxygen atoms in total. The summed E-state index contributed by atoms with van der Waals surface area (Å²) >= 11 is 0. The maximum atomic E-state index is 13.3. The molecule has 0 spiro atoms. The van der Waals surface area contributed by atoms with Crippen LogP contribution in [0.1, 0.15) is 15.9 Å². The Balaban J connectivity index is 1.65. The van der Waals surface area contributed by atoms with Gasteiger partial charge in [0.1, 0.15) is 11.6 Å². The summed E-state index contributed by atoms with van der Waals surface area (Å²) in [5, 5.41) is 12.4. The summed E-state index contributed by atoms with van der Waals surface area (Å²) in [6.45, 7) is 1.88. The van der Waals surface area contributed by atoms with E-state index in [2.05, 4.69) is 10.2 Å². The van der Waals surface area contributed by atoms with Gasteiger partial charge in [0, 0.05) is 49.8 Å². The zero-order chi connectivity index (χ0) is 17.8. The van der Waals surface area contributed by atoms with E-state index < -0.39 is 17.5 Å². The lowest BCUT2D eigenvalue weighted by atomic mass is 10.0. The van der Waals surface area contributed by atoms with Crippen molar-refractivity contribution in [3.8, 4) is 0 Å². The second-order valence-corrected chi connectivity index (χ2v) is 6.36. The number of nitrogens with zero attached hydrogens (tertiary/aromatic N) is 1. The van der Waals surface area contributed by atoms with Crippen LogP contribution in [0.3, 0.4) is 0 Å². The van der Waals surface area contributed by atoms with E-state index in [-0.39, 0.29) is 24.1 Å². The van der Waals surface area contributed by atoms with Crippen LogP contribution in [0.4, 0.5) is 8.78 Å². The highest BCUT2D eigenvalue weighted by Gasteiger charge is 2.33. The zero-order valence-electron chi connectivity index (χ0n) is 13.7. The van der Waals surface area contributed by atoms with Gasteiger partial charge in [-0.2, -0.15) is 0 Å². The number of halogens is 2. The molecule has 0 bridgehead atoms. The monoisotopic (exact) mass is 346 g/mol. The zero-order valence-corrected chi connectivity index (χ0v) is 13.7. The Morgan fingerprint density at radius 2 is 1.80 bits per heavy atom. The quantitative estimate of drug-likeness (QED) is 0.873. The second-order valence-electron chi connectivity index (χ2n) is 6.36. The highest BCUT2D eigenvalue weighted by molar-refractivity contribution is 5.94. The minimum atomic E-state index is -0.791. The Kier molecular flexibility index (Phi) is 5.40. The molecule has 25 heavy (non-hydrogen) atoms. The van der Waals surface area contributed by atoms with E-state index in [1.165, 1.54) is 0 Å². The molecule has 1 amide bonds. The predicted molar refractivity (Wildman–Crippen MR) is 89.9 cm³/mol. The van der Waals surface area contributed by atoms with Gasteiger partial charge in [0.2, 0.25) is 0 Å². The van der Waals surface area contributed by atoms with E-state index in [0.717, 1.165) is 30.3 Å². The van der Waals surface area contributed by atoms with Gasteiger partial charge < -0.3 is 10.4 Å². The SMILES string of the molecule is O=C(N[C@@H]1CN(Cc2ccccc2)C[C@H]1CO)c1cc(F)cc(F)c1. The molecule has 2 aromatic rings. The van der Waals surface area contributed by atoms with Crippen LogP contribution in [0.2, 0.25) is 0 Å². The Morgan fingerprint density at radius 1 is 1.12 bits per heavy atom. The first kappa shape index (κ1) is 17.5. The molecule has 3 rings (SSSR count). The van der Waals surface area contributed by atoms with Crippen LogP contribution in [0.5, 0.6) is 0 Å². The molecule has 1 saturated heterocycles. The summed E-state index contributed by atoms with van der Waals surface area (Å²) in [6, 6.07) is 12.4. The lowest BCUT2D eigenvalue weighted by molar-refractivity contribution is 0.0920. The number of amides is 1. The smallest absolute Gasteiger partial charge is 0.251 e. The van der Waals surface area contributed by atoms with Gasteiger partial charge in [-0.05, 0) is 17.7 Å². The molecule has 0 radical (unpaired) electrons. The summed E-state index contributed by atoms with van der Waals surface area (Å²) in [5.41, 5.74) is 1.09. The molecule has 0 aromatic heterocycles. The number of carbonyl (C=O) groups excluding carboxylic acids is 1. The average molecular weight is 346 g/mol. The fourth-order valence-corrected chi connectivity index (χ4v) is 3.22. The van der Waals surface area contributed by atoms with E-state index >= 15 is 0 Å². The Bertz CT molecular complexity index is 719. The van der Waals surface area contributed by atoms with Crippen LogP contribution in [-0.2, 0) is 6.54 Å². The van der Waals surface area contributed by atoms with Gasteiger partial charge >= 0.3 is 0 Å². The summed E-state index contributed by atoms with van der Waals surface area (Å²) in [6.07, 6.45) is 0. The second kappa shape index (κ2) is 7.72. The standard InChI is InChI=1S/C19H20F2N2O2/c20-16-6-14(7-17(21)8-16)19(25)22-18-11-23(10-15(18)12-24)9-13-4-2-1-3-5-13/h1-8,15,18,24H,9-12H2,(H,22,25)/t15-,18+/m0/s1. The van der Waals surface area contributed by atoms with Gasteiger partial charge in [-0.15, -0.1) is 0 Å². The number of nitrogens with one attached hydrogen (secondary N) is 1. The summed E-state index contributed by atoms with van der Waals surface area (Å²) in [7, 11) is 0. The summed E-state index contributed by atoms with van der Waals surface area (Å²) < 4.78 is 26.6. The first-order valence-electron chi connectivity index (χ1n) is 8.19. The predicted octanol–water partition coefficient (Wildman–Crippen LogP) is 2.19. The molecule has 1 aliphatic heterocycles. The molecule has 0 saturated carbocycles. The van der Waals surface area contributed by atoms with Crippen molar-refractivity contribution in [2.75, 3.05) is 19.7 Å². The third-order valence-electron chi connectivity index (χ3n) is 4.44. The van der Waals surface area contributed by atoms with E-state index in [4.69, 9.17) is 0 Å². The number of likely N-dealkylation sites (tertiary alicyclic amines) is 1. The van der Waals surface area contributed by atoms with Crippen LogP contribution in [0.25, 0.3) is 0 Å². The minimum Gasteiger partial charge on any atom is -0.396 e. The van der Waals surface area contributed by atoms with Gasteiger partial charge in [0.15, 0.2) is 0 Å². The van der Waals surface area contributed by atoms with Gasteiger partial charge in [-0.1, -0.05) is 30.3 Å². The topological polar surface area (TPSA) is 52.6 Å². The Hall–Kier alpha value is -2.31. The van der Waals surface area contributed by atoms with Gasteiger partial charge in [0.05, 0.1) is 0 Å². The van der Waals surface area contributed by atoms with Crippen molar-refractivity contribution in [2.24, 2.45) is 5.92 Å². The Morgan fingerprint density at radius 3 is 2.44 bits per heavy atom. The fourth-order valence-electron chi connectivity index (χ4n) is 3.22. The first-order chi connectivity index (χ1) is 12.0. The van der Waals surface area contributed by atoms with Crippen molar-refractivity contribution in [2.45, 2.75) is 12.6 Å². The molecule has 2 N–H and O–H groups in total. The van der Waals surface area contributed by atoms with Crippen molar-refractivity contribution in [3.63, 3.8) is 0 Å². The maximum absolute atomic E-state index is 13.3. The van der Waals surface area contributed by atoms with Crippen LogP contribution >= 0.6 is 0 Å². The van der Waals surface area contributed by atoms with Crippen LogP contribution in [0, 0.1) is 17.6 Å². The van der Waals surface area contributed by atoms with E-state index in [1.807, 2.05) is 30.3 Å².